The molecule has 1 heterocycles. The van der Waals surface area contributed by atoms with Crippen molar-refractivity contribution in [2.24, 2.45) is 0 Å². The molecule has 1 amide bonds. The van der Waals surface area contributed by atoms with Crippen molar-refractivity contribution in [1.29, 1.82) is 0 Å². The maximum Gasteiger partial charge on any atom is 0.282 e. The number of carbonyl (C=O) groups is 1. The average molecular weight is 321 g/mol. The number of piperidine rings is 1. The summed E-state index contributed by atoms with van der Waals surface area (Å²) in [6.07, 6.45) is 2.18. The Hall–Kier alpha value is -1.99. The van der Waals surface area contributed by atoms with Crippen LogP contribution >= 0.6 is 0 Å². The number of benzene rings is 1. The number of aliphatic hydroxyl groups is 1. The van der Waals surface area contributed by atoms with Crippen LogP contribution in [0.4, 0.5) is 5.69 Å². The van der Waals surface area contributed by atoms with Crippen LogP contribution in [0.3, 0.4) is 0 Å². The highest BCUT2D eigenvalue weighted by atomic mass is 16.6. The molecule has 0 unspecified atom stereocenters. The van der Waals surface area contributed by atoms with Crippen molar-refractivity contribution in [3.05, 3.63) is 39.4 Å². The molecule has 1 fully saturated rings. The maximum absolute atomic E-state index is 12.2. The van der Waals surface area contributed by atoms with Gasteiger partial charge in [0.1, 0.15) is 5.56 Å². The van der Waals surface area contributed by atoms with Crippen molar-refractivity contribution in [3.8, 4) is 0 Å². The van der Waals surface area contributed by atoms with Gasteiger partial charge in [-0.05, 0) is 44.4 Å². The molecule has 7 heteroatoms. The summed E-state index contributed by atoms with van der Waals surface area (Å²) in [5.41, 5.74) is 0.752. The summed E-state index contributed by atoms with van der Waals surface area (Å²) >= 11 is 0. The number of rotatable bonds is 6. The molecule has 2 rings (SSSR count). The number of aryl methyl sites for hydroxylation is 1. The first kappa shape index (κ1) is 17.4. The van der Waals surface area contributed by atoms with E-state index < -0.39 is 10.8 Å². The van der Waals surface area contributed by atoms with Crippen LogP contribution in [0.15, 0.2) is 18.2 Å². The molecule has 0 radical (unpaired) electrons. The van der Waals surface area contributed by atoms with Gasteiger partial charge in [0.15, 0.2) is 0 Å². The van der Waals surface area contributed by atoms with E-state index in [9.17, 15) is 20.0 Å². The van der Waals surface area contributed by atoms with Crippen molar-refractivity contribution >= 4 is 11.6 Å². The van der Waals surface area contributed by atoms with Gasteiger partial charge in [-0.2, -0.15) is 0 Å². The summed E-state index contributed by atoms with van der Waals surface area (Å²) in [7, 11) is 0. The summed E-state index contributed by atoms with van der Waals surface area (Å²) in [5.74, 6) is -0.408. The third-order valence-corrected chi connectivity index (χ3v) is 4.09. The van der Waals surface area contributed by atoms with E-state index in [4.69, 9.17) is 0 Å². The molecular formula is C16H23N3O4. The summed E-state index contributed by atoms with van der Waals surface area (Å²) in [5, 5.41) is 23.2. The van der Waals surface area contributed by atoms with Gasteiger partial charge in [-0.15, -0.1) is 0 Å². The predicted molar refractivity (Wildman–Crippen MR) is 86.5 cm³/mol. The Morgan fingerprint density at radius 3 is 2.78 bits per heavy atom. The van der Waals surface area contributed by atoms with Gasteiger partial charge < -0.3 is 15.3 Å². The second-order valence-electron chi connectivity index (χ2n) is 5.96. The number of amides is 1. The number of hydrogen-bond acceptors (Lipinski definition) is 5. The zero-order valence-electron chi connectivity index (χ0n) is 13.3. The van der Waals surface area contributed by atoms with Gasteiger partial charge in [-0.25, -0.2) is 0 Å². The summed E-state index contributed by atoms with van der Waals surface area (Å²) in [6.45, 7) is 4.87. The highest BCUT2D eigenvalue weighted by Gasteiger charge is 2.20. The molecule has 1 saturated heterocycles. The van der Waals surface area contributed by atoms with Crippen LogP contribution in [-0.4, -0.2) is 53.1 Å². The first-order chi connectivity index (χ1) is 11.0. The summed E-state index contributed by atoms with van der Waals surface area (Å²) in [6, 6.07) is 4.53. The Balaban J connectivity index is 1.81. The van der Waals surface area contributed by atoms with E-state index in [-0.39, 0.29) is 17.4 Å². The average Bonchev–Trinajstić information content (AvgIpc) is 2.52. The fourth-order valence-corrected chi connectivity index (χ4v) is 2.73. The first-order valence-corrected chi connectivity index (χ1v) is 7.91. The molecule has 0 atom stereocenters. The van der Waals surface area contributed by atoms with Crippen LogP contribution in [0.2, 0.25) is 0 Å². The predicted octanol–water partition coefficient (Wildman–Crippen LogP) is 1.48. The third-order valence-electron chi connectivity index (χ3n) is 4.09. The Morgan fingerprint density at radius 2 is 2.13 bits per heavy atom. The summed E-state index contributed by atoms with van der Waals surface area (Å²) < 4.78 is 0. The molecule has 1 aliphatic heterocycles. The largest absolute Gasteiger partial charge is 0.393 e. The van der Waals surface area contributed by atoms with Gasteiger partial charge >= 0.3 is 0 Å². The van der Waals surface area contributed by atoms with Crippen molar-refractivity contribution in [2.75, 3.05) is 26.2 Å². The number of nitrogens with zero attached hydrogens (tertiary/aromatic N) is 2. The van der Waals surface area contributed by atoms with E-state index in [0.717, 1.165) is 44.5 Å². The second-order valence-corrected chi connectivity index (χ2v) is 5.96. The van der Waals surface area contributed by atoms with Crippen LogP contribution in [0.1, 0.15) is 35.2 Å². The maximum atomic E-state index is 12.2. The third kappa shape index (κ3) is 5.01. The van der Waals surface area contributed by atoms with Crippen molar-refractivity contribution in [1.82, 2.24) is 10.2 Å². The lowest BCUT2D eigenvalue weighted by molar-refractivity contribution is -0.385. The molecule has 0 aromatic heterocycles. The van der Waals surface area contributed by atoms with Crippen molar-refractivity contribution in [3.63, 3.8) is 0 Å². The van der Waals surface area contributed by atoms with Crippen LogP contribution in [0.25, 0.3) is 0 Å². The van der Waals surface area contributed by atoms with Gasteiger partial charge in [0.25, 0.3) is 11.6 Å². The lowest BCUT2D eigenvalue weighted by Crippen LogP contribution is -2.37. The smallest absolute Gasteiger partial charge is 0.282 e. The Labute approximate surface area is 135 Å². The van der Waals surface area contributed by atoms with Crippen LogP contribution in [0.5, 0.6) is 0 Å². The quantitative estimate of drug-likeness (QED) is 0.470. The number of carbonyl (C=O) groups excluding carboxylic acids is 1. The van der Waals surface area contributed by atoms with Crippen LogP contribution < -0.4 is 5.32 Å². The minimum Gasteiger partial charge on any atom is -0.393 e. The SMILES string of the molecule is Cc1ccc([N+](=O)[O-])c(C(=O)NCCCN2CCC(O)CC2)c1. The molecular weight excluding hydrogens is 298 g/mol. The van der Waals surface area contributed by atoms with Gasteiger partial charge in [0.05, 0.1) is 11.0 Å². The topological polar surface area (TPSA) is 95.7 Å². The van der Waals surface area contributed by atoms with E-state index in [0.29, 0.717) is 6.54 Å². The van der Waals surface area contributed by atoms with E-state index in [1.807, 2.05) is 0 Å². The zero-order chi connectivity index (χ0) is 16.8. The number of nitro benzene ring substituents is 1. The van der Waals surface area contributed by atoms with E-state index in [1.165, 1.54) is 6.07 Å². The molecule has 0 bridgehead atoms. The first-order valence-electron chi connectivity index (χ1n) is 7.91. The summed E-state index contributed by atoms with van der Waals surface area (Å²) in [4.78, 5) is 24.9. The fourth-order valence-electron chi connectivity index (χ4n) is 2.73. The molecule has 23 heavy (non-hydrogen) atoms. The molecule has 0 saturated carbocycles. The monoisotopic (exact) mass is 321 g/mol. The van der Waals surface area contributed by atoms with Gasteiger partial charge in [-0.1, -0.05) is 6.07 Å². The minimum atomic E-state index is -0.534. The Bertz CT molecular complexity index is 568. The standard InChI is InChI=1S/C16H23N3O4/c1-12-3-4-15(19(22)23)14(11-12)16(21)17-7-2-8-18-9-5-13(20)6-10-18/h3-4,11,13,20H,2,5-10H2,1H3,(H,17,21). The molecule has 2 N–H and O–H groups in total. The normalized spacial score (nSPS) is 16.3. The number of nitro groups is 1. The van der Waals surface area contributed by atoms with E-state index >= 15 is 0 Å². The number of hydrogen-bond donors (Lipinski definition) is 2. The molecule has 1 aromatic rings. The fraction of sp³-hybridized carbons (Fsp3) is 0.562. The minimum absolute atomic E-state index is 0.107. The van der Waals surface area contributed by atoms with E-state index in [2.05, 4.69) is 10.2 Å². The van der Waals surface area contributed by atoms with Crippen LogP contribution in [0, 0.1) is 17.0 Å². The lowest BCUT2D eigenvalue weighted by Gasteiger charge is -2.29. The Kier molecular flexibility index (Phi) is 6.06. The number of nitrogens with one attached hydrogen (secondary N) is 1. The van der Waals surface area contributed by atoms with Gasteiger partial charge in [-0.3, -0.25) is 14.9 Å². The zero-order valence-corrected chi connectivity index (χ0v) is 13.3. The lowest BCUT2D eigenvalue weighted by atomic mass is 10.1. The molecule has 1 aromatic carbocycles. The second kappa shape index (κ2) is 8.03. The highest BCUT2D eigenvalue weighted by molar-refractivity contribution is 5.98. The van der Waals surface area contributed by atoms with Crippen LogP contribution in [-0.2, 0) is 0 Å². The molecule has 126 valence electrons. The molecule has 1 aliphatic rings. The molecule has 0 aliphatic carbocycles. The van der Waals surface area contributed by atoms with Gasteiger partial charge in [0.2, 0.25) is 0 Å². The molecule has 7 nitrogen and oxygen atoms in total. The number of aliphatic hydroxyl groups excluding tert-OH is 1. The highest BCUT2D eigenvalue weighted by Crippen LogP contribution is 2.19. The number of likely N-dealkylation sites (tertiary alicyclic amines) is 1. The van der Waals surface area contributed by atoms with Crippen molar-refractivity contribution in [2.45, 2.75) is 32.3 Å². The molecule has 0 spiro atoms. The Morgan fingerprint density at radius 1 is 1.43 bits per heavy atom. The van der Waals surface area contributed by atoms with E-state index in [1.54, 1.807) is 19.1 Å². The van der Waals surface area contributed by atoms with Crippen molar-refractivity contribution < 1.29 is 14.8 Å². The van der Waals surface area contributed by atoms with Gasteiger partial charge in [0, 0.05) is 25.7 Å².